The van der Waals surface area contributed by atoms with Gasteiger partial charge >= 0.3 is 0 Å². The van der Waals surface area contributed by atoms with Crippen LogP contribution in [0.25, 0.3) is 0 Å². The van der Waals surface area contributed by atoms with Gasteiger partial charge in [-0.1, -0.05) is 6.07 Å². The normalized spacial score (nSPS) is 10.3. The molecule has 98 valence electrons. The number of carbonyl (C=O) groups is 1. The van der Waals surface area contributed by atoms with Crippen LogP contribution in [0.1, 0.15) is 34.4 Å². The van der Waals surface area contributed by atoms with E-state index in [0.717, 1.165) is 5.56 Å². The number of ether oxygens (including phenoxy) is 1. The lowest BCUT2D eigenvalue weighted by atomic mass is 10.1. The highest BCUT2D eigenvalue weighted by molar-refractivity contribution is 5.94. The number of ketones is 1. The Bertz CT molecular complexity index is 594. The third-order valence-corrected chi connectivity index (χ3v) is 2.78. The minimum atomic E-state index is -0.0184. The number of hydrogen-bond donors (Lipinski definition) is 0. The van der Waals surface area contributed by atoms with Crippen molar-refractivity contribution in [2.45, 2.75) is 20.3 Å². The minimum Gasteiger partial charge on any atom is -0.481 e. The van der Waals surface area contributed by atoms with Crippen molar-refractivity contribution in [1.82, 2.24) is 15.0 Å². The molecule has 0 radical (unpaired) electrons. The van der Waals surface area contributed by atoms with Crippen LogP contribution in [0, 0.1) is 6.92 Å². The lowest BCUT2D eigenvalue weighted by Gasteiger charge is -2.05. The number of pyridine rings is 1. The topological polar surface area (TPSA) is 65.0 Å². The summed E-state index contributed by atoms with van der Waals surface area (Å²) in [6.07, 6.45) is 3.89. The summed E-state index contributed by atoms with van der Waals surface area (Å²) >= 11 is 0. The lowest BCUT2D eigenvalue weighted by molar-refractivity contribution is 0.101. The van der Waals surface area contributed by atoms with E-state index in [9.17, 15) is 4.79 Å². The maximum Gasteiger partial charge on any atom is 0.212 e. The predicted molar refractivity (Wildman–Crippen MR) is 70.4 cm³/mol. The highest BCUT2D eigenvalue weighted by Gasteiger charge is 2.08. The summed E-state index contributed by atoms with van der Waals surface area (Å²) in [6.45, 7) is 3.33. The summed E-state index contributed by atoms with van der Waals surface area (Å²) in [5, 5.41) is 0. The summed E-state index contributed by atoms with van der Waals surface area (Å²) < 4.78 is 5.00. The summed E-state index contributed by atoms with van der Waals surface area (Å²) in [5.41, 5.74) is 2.27. The first-order valence-electron chi connectivity index (χ1n) is 5.92. The number of nitrogens with zero attached hydrogens (tertiary/aromatic N) is 3. The first-order chi connectivity index (χ1) is 9.10. The average molecular weight is 257 g/mol. The number of aryl methyl sites for hydroxylation is 1. The van der Waals surface area contributed by atoms with Crippen molar-refractivity contribution >= 4 is 5.78 Å². The molecule has 0 spiro atoms. The molecule has 5 nitrogen and oxygen atoms in total. The molecule has 19 heavy (non-hydrogen) atoms. The number of hydrogen-bond acceptors (Lipinski definition) is 5. The summed E-state index contributed by atoms with van der Waals surface area (Å²) in [6, 6.07) is 3.72. The molecule has 0 fully saturated rings. The molecular weight excluding hydrogens is 242 g/mol. The van der Waals surface area contributed by atoms with Crippen LogP contribution in [-0.2, 0) is 6.42 Å². The highest BCUT2D eigenvalue weighted by atomic mass is 16.5. The molecule has 5 heteroatoms. The van der Waals surface area contributed by atoms with Crippen molar-refractivity contribution in [3.63, 3.8) is 0 Å². The van der Waals surface area contributed by atoms with E-state index in [2.05, 4.69) is 15.0 Å². The van der Waals surface area contributed by atoms with Gasteiger partial charge in [-0.15, -0.1) is 0 Å². The standard InChI is InChI=1S/C14H15N3O2/c1-9-12(10(2)18)8-15-13(17-9)6-11-4-5-14(19-3)16-7-11/h4-5,7-8H,6H2,1-3H3. The minimum absolute atomic E-state index is 0.0184. The van der Waals surface area contributed by atoms with Crippen LogP contribution in [-0.4, -0.2) is 27.8 Å². The van der Waals surface area contributed by atoms with Crippen LogP contribution in [0.4, 0.5) is 0 Å². The van der Waals surface area contributed by atoms with E-state index in [1.807, 2.05) is 13.0 Å². The number of methoxy groups -OCH3 is 1. The van der Waals surface area contributed by atoms with Gasteiger partial charge in [0.15, 0.2) is 5.78 Å². The number of aromatic nitrogens is 3. The molecule has 0 saturated heterocycles. The van der Waals surface area contributed by atoms with Gasteiger partial charge in [-0.2, -0.15) is 0 Å². The van der Waals surface area contributed by atoms with E-state index in [1.165, 1.54) is 6.92 Å². The maximum absolute atomic E-state index is 11.3. The van der Waals surface area contributed by atoms with Crippen molar-refractivity contribution < 1.29 is 9.53 Å². The van der Waals surface area contributed by atoms with Crippen molar-refractivity contribution in [3.8, 4) is 5.88 Å². The Morgan fingerprint density at radius 1 is 1.26 bits per heavy atom. The van der Waals surface area contributed by atoms with E-state index < -0.39 is 0 Å². The second-order valence-electron chi connectivity index (χ2n) is 4.23. The number of Topliss-reactive ketones (excluding diaryl/α,β-unsaturated/α-hetero) is 1. The Hall–Kier alpha value is -2.30. The number of carbonyl (C=O) groups excluding carboxylic acids is 1. The molecule has 0 aliphatic carbocycles. The summed E-state index contributed by atoms with van der Waals surface area (Å²) in [7, 11) is 1.58. The molecule has 2 heterocycles. The molecule has 0 N–H and O–H groups in total. The van der Waals surface area contributed by atoms with Gasteiger partial charge < -0.3 is 4.74 Å². The van der Waals surface area contributed by atoms with Crippen LogP contribution in [0.5, 0.6) is 5.88 Å². The quantitative estimate of drug-likeness (QED) is 0.784. The van der Waals surface area contributed by atoms with Gasteiger partial charge in [0.25, 0.3) is 0 Å². The fourth-order valence-corrected chi connectivity index (χ4v) is 1.76. The zero-order valence-electron chi connectivity index (χ0n) is 11.2. The van der Waals surface area contributed by atoms with Gasteiger partial charge in [0.05, 0.1) is 18.4 Å². The summed E-state index contributed by atoms with van der Waals surface area (Å²) in [4.78, 5) is 24.0. The lowest BCUT2D eigenvalue weighted by Crippen LogP contribution is -2.05. The SMILES string of the molecule is COc1ccc(Cc2ncc(C(C)=O)c(C)n2)cn1. The van der Waals surface area contributed by atoms with Crippen molar-refractivity contribution in [2.24, 2.45) is 0 Å². The Morgan fingerprint density at radius 3 is 2.58 bits per heavy atom. The molecule has 0 unspecified atom stereocenters. The molecule has 2 rings (SSSR count). The van der Waals surface area contributed by atoms with Gasteiger partial charge in [0, 0.05) is 24.9 Å². The predicted octanol–water partition coefficient (Wildman–Crippen LogP) is 1.98. The molecule has 0 saturated carbocycles. The van der Waals surface area contributed by atoms with Crippen molar-refractivity contribution in [2.75, 3.05) is 7.11 Å². The first-order valence-corrected chi connectivity index (χ1v) is 5.92. The van der Waals surface area contributed by atoms with Crippen LogP contribution >= 0.6 is 0 Å². The second-order valence-corrected chi connectivity index (χ2v) is 4.23. The Labute approximate surface area is 111 Å². The molecule has 0 aliphatic rings. The third-order valence-electron chi connectivity index (χ3n) is 2.78. The van der Waals surface area contributed by atoms with Gasteiger partial charge in [-0.25, -0.2) is 15.0 Å². The monoisotopic (exact) mass is 257 g/mol. The first kappa shape index (κ1) is 13.1. The fraction of sp³-hybridized carbons (Fsp3) is 0.286. The van der Waals surface area contributed by atoms with Gasteiger partial charge in [0.1, 0.15) is 5.82 Å². The summed E-state index contributed by atoms with van der Waals surface area (Å²) in [5.74, 6) is 1.23. The van der Waals surface area contributed by atoms with Gasteiger partial charge in [-0.05, 0) is 19.4 Å². The van der Waals surface area contributed by atoms with Crippen LogP contribution in [0.2, 0.25) is 0 Å². The Balaban J connectivity index is 2.18. The zero-order valence-corrected chi connectivity index (χ0v) is 11.2. The molecule has 2 aromatic heterocycles. The smallest absolute Gasteiger partial charge is 0.212 e. The second kappa shape index (κ2) is 5.56. The van der Waals surface area contributed by atoms with Crippen LogP contribution < -0.4 is 4.74 Å². The van der Waals surface area contributed by atoms with Crippen LogP contribution in [0.15, 0.2) is 24.5 Å². The maximum atomic E-state index is 11.3. The van der Waals surface area contributed by atoms with Gasteiger partial charge in [0.2, 0.25) is 5.88 Å². The Morgan fingerprint density at radius 2 is 2.05 bits per heavy atom. The van der Waals surface area contributed by atoms with E-state index in [4.69, 9.17) is 4.74 Å². The van der Waals surface area contributed by atoms with Crippen LogP contribution in [0.3, 0.4) is 0 Å². The Kier molecular flexibility index (Phi) is 3.85. The molecular formula is C14H15N3O2. The van der Waals surface area contributed by atoms with E-state index in [0.29, 0.717) is 29.4 Å². The largest absolute Gasteiger partial charge is 0.481 e. The average Bonchev–Trinajstić information content (AvgIpc) is 2.39. The van der Waals surface area contributed by atoms with E-state index in [1.54, 1.807) is 25.6 Å². The molecule has 0 aromatic carbocycles. The molecule has 2 aromatic rings. The van der Waals surface area contributed by atoms with Crippen molar-refractivity contribution in [3.05, 3.63) is 47.2 Å². The van der Waals surface area contributed by atoms with E-state index >= 15 is 0 Å². The molecule has 0 atom stereocenters. The van der Waals surface area contributed by atoms with E-state index in [-0.39, 0.29) is 5.78 Å². The fourth-order valence-electron chi connectivity index (χ4n) is 1.76. The third kappa shape index (κ3) is 3.13. The van der Waals surface area contributed by atoms with Gasteiger partial charge in [-0.3, -0.25) is 4.79 Å². The van der Waals surface area contributed by atoms with Crippen molar-refractivity contribution in [1.29, 1.82) is 0 Å². The highest BCUT2D eigenvalue weighted by Crippen LogP contribution is 2.11. The molecule has 0 aliphatic heterocycles. The zero-order chi connectivity index (χ0) is 13.8. The molecule has 0 bridgehead atoms. The molecule has 0 amide bonds. The number of rotatable bonds is 4.